The van der Waals surface area contributed by atoms with Crippen LogP contribution in [-0.4, -0.2) is 35.3 Å². The Balaban J connectivity index is 2.65. The van der Waals surface area contributed by atoms with Crippen molar-refractivity contribution in [3.05, 3.63) is 35.9 Å². The van der Waals surface area contributed by atoms with Crippen LogP contribution in [0.1, 0.15) is 18.4 Å². The molecule has 21 heavy (non-hydrogen) atoms. The van der Waals surface area contributed by atoms with Gasteiger partial charge in [0, 0.05) is 0 Å². The summed E-state index contributed by atoms with van der Waals surface area (Å²) in [5, 5.41) is 17.8. The normalized spacial score (nSPS) is 13.8. The molecule has 0 heterocycles. The van der Waals surface area contributed by atoms with Crippen molar-refractivity contribution in [1.29, 1.82) is 0 Å². The minimum atomic E-state index is -1.20. The van der Waals surface area contributed by atoms with Gasteiger partial charge >= 0.3 is 11.9 Å². The minimum absolute atomic E-state index is 0.104. The summed E-state index contributed by atoms with van der Waals surface area (Å²) in [7, 11) is 1.57. The molecular formula is C15H19NO5. The molecule has 0 aliphatic rings. The lowest BCUT2D eigenvalue weighted by Crippen LogP contribution is -2.34. The fourth-order valence-electron chi connectivity index (χ4n) is 1.82. The summed E-state index contributed by atoms with van der Waals surface area (Å²) < 4.78 is 5.09. The van der Waals surface area contributed by atoms with Crippen molar-refractivity contribution in [1.82, 2.24) is 0 Å². The number of carboxylic acid groups (broad SMARTS) is 2. The Labute approximate surface area is 122 Å². The van der Waals surface area contributed by atoms with Gasteiger partial charge in [0.1, 0.15) is 11.8 Å². The second kappa shape index (κ2) is 8.06. The molecule has 0 amide bonds. The molecule has 6 heteroatoms. The van der Waals surface area contributed by atoms with Gasteiger partial charge in [-0.3, -0.25) is 9.59 Å². The van der Waals surface area contributed by atoms with E-state index in [4.69, 9.17) is 20.7 Å². The summed E-state index contributed by atoms with van der Waals surface area (Å²) in [4.78, 5) is 21.8. The Bertz CT molecular complexity index is 527. The maximum Gasteiger partial charge on any atom is 0.320 e. The van der Waals surface area contributed by atoms with Gasteiger partial charge in [0.15, 0.2) is 0 Å². The van der Waals surface area contributed by atoms with Crippen molar-refractivity contribution in [2.75, 3.05) is 7.11 Å². The standard InChI is InChI=1S/C15H19NO5/c1-21-12-7-3-5-10(8-12)4-2-6-11(14(17)18)9-13(16)15(19)20/h2-5,7-8,11,13H,6,9,16H2,1H3,(H,17,18)(H,19,20)/b4-2+/t11-,13-/m0/s1. The highest BCUT2D eigenvalue weighted by Gasteiger charge is 2.23. The highest BCUT2D eigenvalue weighted by atomic mass is 16.5. The van der Waals surface area contributed by atoms with Gasteiger partial charge in [0.05, 0.1) is 13.0 Å². The lowest BCUT2D eigenvalue weighted by molar-refractivity contribution is -0.143. The molecule has 1 aromatic carbocycles. The van der Waals surface area contributed by atoms with E-state index < -0.39 is 23.9 Å². The molecular weight excluding hydrogens is 274 g/mol. The van der Waals surface area contributed by atoms with Crippen molar-refractivity contribution in [2.45, 2.75) is 18.9 Å². The summed E-state index contributed by atoms with van der Waals surface area (Å²) >= 11 is 0. The molecule has 0 aromatic heterocycles. The zero-order valence-corrected chi connectivity index (χ0v) is 11.7. The molecule has 0 fully saturated rings. The first kappa shape index (κ1) is 16.7. The van der Waals surface area contributed by atoms with Gasteiger partial charge < -0.3 is 20.7 Å². The molecule has 6 nitrogen and oxygen atoms in total. The van der Waals surface area contributed by atoms with Crippen LogP contribution in [-0.2, 0) is 9.59 Å². The summed E-state index contributed by atoms with van der Waals surface area (Å²) in [6, 6.07) is 6.14. The number of aliphatic carboxylic acids is 2. The number of allylic oxidation sites excluding steroid dienone is 1. The molecule has 2 atom stereocenters. The second-order valence-corrected chi connectivity index (χ2v) is 4.63. The monoisotopic (exact) mass is 293 g/mol. The van der Waals surface area contributed by atoms with Crippen LogP contribution < -0.4 is 10.5 Å². The van der Waals surface area contributed by atoms with Crippen LogP contribution in [0.3, 0.4) is 0 Å². The van der Waals surface area contributed by atoms with Crippen LogP contribution in [0.15, 0.2) is 30.3 Å². The molecule has 0 saturated carbocycles. The van der Waals surface area contributed by atoms with E-state index in [-0.39, 0.29) is 12.8 Å². The Morgan fingerprint density at radius 3 is 2.62 bits per heavy atom. The maximum atomic E-state index is 11.1. The molecule has 0 saturated heterocycles. The van der Waals surface area contributed by atoms with Crippen LogP contribution in [0.25, 0.3) is 6.08 Å². The molecule has 1 aromatic rings. The van der Waals surface area contributed by atoms with E-state index in [1.165, 1.54) is 0 Å². The number of carbonyl (C=O) groups is 2. The molecule has 0 aliphatic heterocycles. The van der Waals surface area contributed by atoms with Gasteiger partial charge in [-0.2, -0.15) is 0 Å². The number of hydrogen-bond acceptors (Lipinski definition) is 4. The first-order valence-corrected chi connectivity index (χ1v) is 6.45. The third-order valence-electron chi connectivity index (χ3n) is 3.03. The van der Waals surface area contributed by atoms with Gasteiger partial charge in [0.25, 0.3) is 0 Å². The predicted octanol–water partition coefficient (Wildman–Crippen LogP) is 1.60. The molecule has 114 valence electrons. The van der Waals surface area contributed by atoms with Crippen LogP contribution in [0.2, 0.25) is 0 Å². The van der Waals surface area contributed by atoms with Crippen molar-refractivity contribution in [2.24, 2.45) is 11.7 Å². The molecule has 0 spiro atoms. The molecule has 0 unspecified atom stereocenters. The highest BCUT2D eigenvalue weighted by molar-refractivity contribution is 5.76. The quantitative estimate of drug-likeness (QED) is 0.671. The van der Waals surface area contributed by atoms with Gasteiger partial charge in [0.2, 0.25) is 0 Å². The number of carboxylic acids is 2. The van der Waals surface area contributed by atoms with Crippen LogP contribution in [0.4, 0.5) is 0 Å². The zero-order valence-electron chi connectivity index (χ0n) is 11.7. The van der Waals surface area contributed by atoms with Gasteiger partial charge in [-0.1, -0.05) is 24.3 Å². The Morgan fingerprint density at radius 2 is 2.05 bits per heavy atom. The topological polar surface area (TPSA) is 110 Å². The van der Waals surface area contributed by atoms with Gasteiger partial charge in [-0.15, -0.1) is 0 Å². The minimum Gasteiger partial charge on any atom is -0.497 e. The Morgan fingerprint density at radius 1 is 1.33 bits per heavy atom. The maximum absolute atomic E-state index is 11.1. The zero-order chi connectivity index (χ0) is 15.8. The van der Waals surface area contributed by atoms with Crippen LogP contribution in [0.5, 0.6) is 5.75 Å². The van der Waals surface area contributed by atoms with Gasteiger partial charge in [-0.25, -0.2) is 0 Å². The number of rotatable bonds is 8. The Kier molecular flexibility index (Phi) is 6.42. The lowest BCUT2D eigenvalue weighted by atomic mass is 9.96. The molecule has 0 radical (unpaired) electrons. The second-order valence-electron chi connectivity index (χ2n) is 4.63. The van der Waals surface area contributed by atoms with Crippen molar-refractivity contribution >= 4 is 18.0 Å². The van der Waals surface area contributed by atoms with E-state index >= 15 is 0 Å². The molecule has 4 N–H and O–H groups in total. The fraction of sp³-hybridized carbons (Fsp3) is 0.333. The summed E-state index contributed by atoms with van der Waals surface area (Å²) in [5.41, 5.74) is 6.25. The first-order valence-electron chi connectivity index (χ1n) is 6.45. The lowest BCUT2D eigenvalue weighted by Gasteiger charge is -2.12. The number of nitrogens with two attached hydrogens (primary N) is 1. The average Bonchev–Trinajstić information content (AvgIpc) is 2.45. The van der Waals surface area contributed by atoms with E-state index in [1.807, 2.05) is 24.3 Å². The number of ether oxygens (including phenoxy) is 1. The molecule has 0 aliphatic carbocycles. The van der Waals surface area contributed by atoms with E-state index in [1.54, 1.807) is 19.3 Å². The SMILES string of the molecule is COc1cccc(/C=C/C[C@@H](C[C@H](N)C(=O)O)C(=O)O)c1. The predicted molar refractivity (Wildman–Crippen MR) is 78.0 cm³/mol. The number of benzene rings is 1. The summed E-state index contributed by atoms with van der Waals surface area (Å²) in [5.74, 6) is -2.36. The molecule has 0 bridgehead atoms. The fourth-order valence-corrected chi connectivity index (χ4v) is 1.82. The molecule has 1 rings (SSSR count). The Hall–Kier alpha value is -2.34. The van der Waals surface area contributed by atoms with E-state index in [0.29, 0.717) is 5.75 Å². The first-order chi connectivity index (χ1) is 9.93. The largest absolute Gasteiger partial charge is 0.497 e. The highest BCUT2D eigenvalue weighted by Crippen LogP contribution is 2.16. The van der Waals surface area contributed by atoms with E-state index in [0.717, 1.165) is 5.56 Å². The van der Waals surface area contributed by atoms with Gasteiger partial charge in [-0.05, 0) is 30.5 Å². The number of hydrogen-bond donors (Lipinski definition) is 3. The average molecular weight is 293 g/mol. The van der Waals surface area contributed by atoms with E-state index in [9.17, 15) is 9.59 Å². The third kappa shape index (κ3) is 5.66. The van der Waals surface area contributed by atoms with Crippen LogP contribution in [0, 0.1) is 5.92 Å². The van der Waals surface area contributed by atoms with E-state index in [2.05, 4.69) is 0 Å². The summed E-state index contributed by atoms with van der Waals surface area (Å²) in [6.45, 7) is 0. The third-order valence-corrected chi connectivity index (χ3v) is 3.03. The van der Waals surface area contributed by atoms with Crippen LogP contribution >= 0.6 is 0 Å². The van der Waals surface area contributed by atoms with Crippen molar-refractivity contribution in [3.8, 4) is 5.75 Å². The number of methoxy groups -OCH3 is 1. The van der Waals surface area contributed by atoms with Crippen molar-refractivity contribution in [3.63, 3.8) is 0 Å². The van der Waals surface area contributed by atoms with Crippen molar-refractivity contribution < 1.29 is 24.5 Å². The summed E-state index contributed by atoms with van der Waals surface area (Å²) in [6.07, 6.45) is 3.58. The smallest absolute Gasteiger partial charge is 0.320 e.